The average molecular weight is 500 g/mol. The van der Waals surface area contributed by atoms with Crippen LogP contribution in [0.5, 0.6) is 17.2 Å². The van der Waals surface area contributed by atoms with Crippen LogP contribution in [0.4, 0.5) is 4.39 Å². The maximum atomic E-state index is 13.4. The van der Waals surface area contributed by atoms with Gasteiger partial charge in [-0.25, -0.2) is 4.39 Å². The van der Waals surface area contributed by atoms with Gasteiger partial charge in [-0.05, 0) is 72.1 Å². The number of hydrogen-bond acceptors (Lipinski definition) is 4. The minimum absolute atomic E-state index is 0.0839. The lowest BCUT2D eigenvalue weighted by Gasteiger charge is -2.37. The van der Waals surface area contributed by atoms with Crippen LogP contribution in [0.15, 0.2) is 65.1 Å². The number of nitrogens with zero attached hydrogens (tertiary/aromatic N) is 1. The Morgan fingerprint density at radius 2 is 1.78 bits per heavy atom. The van der Waals surface area contributed by atoms with Gasteiger partial charge in [0.2, 0.25) is 0 Å². The lowest BCUT2D eigenvalue weighted by atomic mass is 9.91. The Morgan fingerprint density at radius 3 is 2.47 bits per heavy atom. The van der Waals surface area contributed by atoms with Gasteiger partial charge in [0.05, 0.1) is 20.3 Å². The monoisotopic (exact) mass is 499 g/mol. The molecule has 1 aliphatic rings. The van der Waals surface area contributed by atoms with E-state index in [2.05, 4.69) is 15.9 Å². The van der Waals surface area contributed by atoms with Crippen molar-refractivity contribution in [3.8, 4) is 17.2 Å². The molecule has 0 aromatic heterocycles. The molecule has 3 aromatic rings. The molecular formula is C25H23BrFNO4. The van der Waals surface area contributed by atoms with E-state index in [0.717, 1.165) is 15.6 Å². The molecule has 0 radical (unpaired) electrons. The van der Waals surface area contributed by atoms with E-state index in [1.807, 2.05) is 35.2 Å². The molecule has 0 saturated carbocycles. The number of ether oxygens (including phenoxy) is 3. The zero-order chi connectivity index (χ0) is 22.7. The second-order valence-corrected chi connectivity index (χ2v) is 8.36. The van der Waals surface area contributed by atoms with Crippen molar-refractivity contribution in [1.82, 2.24) is 4.90 Å². The highest BCUT2D eigenvalue weighted by Crippen LogP contribution is 2.39. The van der Waals surface area contributed by atoms with E-state index in [1.54, 1.807) is 32.4 Å². The molecule has 1 heterocycles. The fourth-order valence-electron chi connectivity index (χ4n) is 3.94. The standard InChI is InChI=1S/C25H23BrFNO4/c1-30-23-13-16-10-11-28(25(29)17-4-3-5-18(26)12-17)22(21(16)14-24(23)31-2)15-32-20-8-6-19(27)7-9-20/h3-9,12-14,22H,10-11,15H2,1-2H3. The number of halogens is 2. The van der Waals surface area contributed by atoms with Crippen molar-refractivity contribution in [2.24, 2.45) is 0 Å². The summed E-state index contributed by atoms with van der Waals surface area (Å²) in [6.45, 7) is 0.749. The Kier molecular flexibility index (Phi) is 6.65. The number of fused-ring (bicyclic) bond motifs is 1. The van der Waals surface area contributed by atoms with Gasteiger partial charge in [-0.1, -0.05) is 22.0 Å². The van der Waals surface area contributed by atoms with Crippen molar-refractivity contribution in [3.05, 3.63) is 87.6 Å². The molecule has 0 fully saturated rings. The van der Waals surface area contributed by atoms with Gasteiger partial charge in [-0.15, -0.1) is 0 Å². The topological polar surface area (TPSA) is 48.0 Å². The molecule has 166 valence electrons. The fraction of sp³-hybridized carbons (Fsp3) is 0.240. The zero-order valence-corrected chi connectivity index (χ0v) is 19.4. The van der Waals surface area contributed by atoms with Crippen LogP contribution in [0, 0.1) is 5.82 Å². The first-order chi connectivity index (χ1) is 15.5. The molecule has 32 heavy (non-hydrogen) atoms. The summed E-state index contributed by atoms with van der Waals surface area (Å²) < 4.78 is 31.1. The highest BCUT2D eigenvalue weighted by molar-refractivity contribution is 9.10. The summed E-state index contributed by atoms with van der Waals surface area (Å²) >= 11 is 3.44. The molecule has 0 N–H and O–H groups in total. The molecule has 0 aliphatic carbocycles. The zero-order valence-electron chi connectivity index (χ0n) is 17.8. The number of carbonyl (C=O) groups excluding carboxylic acids is 1. The number of rotatable bonds is 6. The second kappa shape index (κ2) is 9.61. The molecule has 0 bridgehead atoms. The summed E-state index contributed by atoms with van der Waals surface area (Å²) in [5, 5.41) is 0. The fourth-order valence-corrected chi connectivity index (χ4v) is 4.34. The van der Waals surface area contributed by atoms with Crippen LogP contribution >= 0.6 is 15.9 Å². The Balaban J connectivity index is 1.70. The van der Waals surface area contributed by atoms with Crippen LogP contribution in [0.2, 0.25) is 0 Å². The Labute approximate surface area is 194 Å². The molecule has 1 aliphatic heterocycles. The minimum atomic E-state index is -0.352. The van der Waals surface area contributed by atoms with Crippen LogP contribution in [-0.4, -0.2) is 38.2 Å². The molecule has 4 rings (SSSR count). The number of benzene rings is 3. The van der Waals surface area contributed by atoms with Gasteiger partial charge in [0, 0.05) is 16.6 Å². The van der Waals surface area contributed by atoms with Crippen LogP contribution in [0.3, 0.4) is 0 Å². The summed E-state index contributed by atoms with van der Waals surface area (Å²) in [5.74, 6) is 1.36. The number of methoxy groups -OCH3 is 2. The molecule has 0 spiro atoms. The van der Waals surface area contributed by atoms with Gasteiger partial charge in [-0.3, -0.25) is 4.79 Å². The molecule has 1 atom stereocenters. The van der Waals surface area contributed by atoms with Gasteiger partial charge in [0.1, 0.15) is 18.2 Å². The summed E-state index contributed by atoms with van der Waals surface area (Å²) in [5.41, 5.74) is 2.61. The van der Waals surface area contributed by atoms with Crippen LogP contribution < -0.4 is 14.2 Å². The summed E-state index contributed by atoms with van der Waals surface area (Å²) in [7, 11) is 3.19. The number of carbonyl (C=O) groups is 1. The van der Waals surface area contributed by atoms with Gasteiger partial charge in [0.25, 0.3) is 5.91 Å². The van der Waals surface area contributed by atoms with Gasteiger partial charge in [-0.2, -0.15) is 0 Å². The normalized spacial score (nSPS) is 15.1. The minimum Gasteiger partial charge on any atom is -0.493 e. The first kappa shape index (κ1) is 22.1. The van der Waals surface area contributed by atoms with Crippen molar-refractivity contribution in [2.75, 3.05) is 27.4 Å². The lowest BCUT2D eigenvalue weighted by molar-refractivity contribution is 0.0589. The third-order valence-corrected chi connectivity index (χ3v) is 6.05. The lowest BCUT2D eigenvalue weighted by Crippen LogP contribution is -2.42. The third kappa shape index (κ3) is 4.58. The van der Waals surface area contributed by atoms with Crippen molar-refractivity contribution >= 4 is 21.8 Å². The van der Waals surface area contributed by atoms with E-state index in [-0.39, 0.29) is 24.4 Å². The van der Waals surface area contributed by atoms with E-state index in [9.17, 15) is 9.18 Å². The smallest absolute Gasteiger partial charge is 0.254 e. The quantitative estimate of drug-likeness (QED) is 0.454. The highest BCUT2D eigenvalue weighted by atomic mass is 79.9. The van der Waals surface area contributed by atoms with Crippen LogP contribution in [0.1, 0.15) is 27.5 Å². The predicted octanol–water partition coefficient (Wildman–Crippen LogP) is 5.42. The van der Waals surface area contributed by atoms with Crippen LogP contribution in [-0.2, 0) is 6.42 Å². The summed E-state index contributed by atoms with van der Waals surface area (Å²) in [6.07, 6.45) is 0.683. The number of hydrogen-bond donors (Lipinski definition) is 0. The maximum Gasteiger partial charge on any atom is 0.254 e. The molecule has 1 unspecified atom stereocenters. The maximum absolute atomic E-state index is 13.4. The Morgan fingerprint density at radius 1 is 1.06 bits per heavy atom. The average Bonchev–Trinajstić information content (AvgIpc) is 2.82. The first-order valence-electron chi connectivity index (χ1n) is 10.2. The summed E-state index contributed by atoms with van der Waals surface area (Å²) in [6, 6.07) is 16.7. The molecule has 5 nitrogen and oxygen atoms in total. The van der Waals surface area contributed by atoms with Gasteiger partial charge in [0.15, 0.2) is 11.5 Å². The van der Waals surface area contributed by atoms with E-state index in [4.69, 9.17) is 14.2 Å². The van der Waals surface area contributed by atoms with Crippen molar-refractivity contribution in [3.63, 3.8) is 0 Å². The van der Waals surface area contributed by atoms with E-state index >= 15 is 0 Å². The molecule has 0 saturated heterocycles. The van der Waals surface area contributed by atoms with Crippen molar-refractivity contribution in [2.45, 2.75) is 12.5 Å². The highest BCUT2D eigenvalue weighted by Gasteiger charge is 2.33. The van der Waals surface area contributed by atoms with E-state index in [0.29, 0.717) is 35.8 Å². The van der Waals surface area contributed by atoms with Crippen molar-refractivity contribution < 1.29 is 23.4 Å². The van der Waals surface area contributed by atoms with Crippen molar-refractivity contribution in [1.29, 1.82) is 0 Å². The number of amides is 1. The largest absolute Gasteiger partial charge is 0.493 e. The van der Waals surface area contributed by atoms with E-state index in [1.165, 1.54) is 12.1 Å². The molecular weight excluding hydrogens is 477 g/mol. The third-order valence-electron chi connectivity index (χ3n) is 5.56. The molecule has 3 aromatic carbocycles. The molecule has 1 amide bonds. The SMILES string of the molecule is COc1cc2c(cc1OC)C(COc1ccc(F)cc1)N(C(=O)c1cccc(Br)c1)CC2. The second-order valence-electron chi connectivity index (χ2n) is 7.45. The molecule has 7 heteroatoms. The summed E-state index contributed by atoms with van der Waals surface area (Å²) in [4.78, 5) is 15.3. The first-order valence-corrected chi connectivity index (χ1v) is 11.0. The predicted molar refractivity (Wildman–Crippen MR) is 123 cm³/mol. The van der Waals surface area contributed by atoms with Gasteiger partial charge >= 0.3 is 0 Å². The van der Waals surface area contributed by atoms with Gasteiger partial charge < -0.3 is 19.1 Å². The van der Waals surface area contributed by atoms with E-state index < -0.39 is 0 Å². The Hall–Kier alpha value is -3.06. The van der Waals surface area contributed by atoms with Crippen LogP contribution in [0.25, 0.3) is 0 Å². The Bertz CT molecular complexity index is 1120.